The van der Waals surface area contributed by atoms with E-state index in [-0.39, 0.29) is 42.2 Å². The number of carbonyl (C=O) groups excluding carboxylic acids is 1. The zero-order valence-corrected chi connectivity index (χ0v) is 13.6. The first kappa shape index (κ1) is 18.6. The number of nitrogens with one attached hydrogen (secondary N) is 2. The summed E-state index contributed by atoms with van der Waals surface area (Å²) in [6, 6.07) is 0. The van der Waals surface area contributed by atoms with Crippen molar-refractivity contribution in [3.8, 4) is 0 Å². The Labute approximate surface area is 130 Å². The van der Waals surface area contributed by atoms with Crippen LogP contribution in [0.15, 0.2) is 11.6 Å². The lowest BCUT2D eigenvalue weighted by atomic mass is 9.97. The molecule has 0 radical (unpaired) electrons. The molecule has 1 aromatic rings. The molecule has 0 aliphatic carbocycles. The van der Waals surface area contributed by atoms with E-state index < -0.39 is 0 Å². The molecule has 0 spiro atoms. The Hall–Kier alpha value is -0.360. The third kappa shape index (κ3) is 4.91. The average Bonchev–Trinajstić information content (AvgIpc) is 2.84. The van der Waals surface area contributed by atoms with Crippen LogP contribution >= 0.6 is 36.2 Å². The lowest BCUT2D eigenvalue weighted by Crippen LogP contribution is -2.47. The molecule has 4 nitrogen and oxygen atoms in total. The highest BCUT2D eigenvalue weighted by Gasteiger charge is 2.29. The van der Waals surface area contributed by atoms with Crippen LogP contribution in [0.25, 0.3) is 0 Å². The van der Waals surface area contributed by atoms with Gasteiger partial charge in [-0.2, -0.15) is 0 Å². The van der Waals surface area contributed by atoms with Gasteiger partial charge in [-0.15, -0.1) is 36.2 Å². The second-order valence-corrected chi connectivity index (χ2v) is 5.89. The minimum atomic E-state index is -0.372. The van der Waals surface area contributed by atoms with Gasteiger partial charge in [-0.25, -0.2) is 4.98 Å². The second kappa shape index (κ2) is 8.04. The number of piperidine rings is 1. The van der Waals surface area contributed by atoms with E-state index in [1.807, 2.05) is 19.2 Å². The van der Waals surface area contributed by atoms with Crippen molar-refractivity contribution in [3.63, 3.8) is 0 Å². The zero-order chi connectivity index (χ0) is 12.3. The van der Waals surface area contributed by atoms with Crippen molar-refractivity contribution in [1.29, 1.82) is 0 Å². The van der Waals surface area contributed by atoms with Crippen LogP contribution in [0.4, 0.5) is 0 Å². The highest BCUT2D eigenvalue weighted by molar-refractivity contribution is 7.09. The normalized spacial score (nSPS) is 18.9. The Morgan fingerprint density at radius 2 is 2.26 bits per heavy atom. The van der Waals surface area contributed by atoms with E-state index in [9.17, 15) is 4.79 Å². The van der Waals surface area contributed by atoms with Gasteiger partial charge < -0.3 is 10.6 Å². The van der Waals surface area contributed by atoms with E-state index in [2.05, 4.69) is 15.6 Å². The van der Waals surface area contributed by atoms with Gasteiger partial charge in [0.15, 0.2) is 0 Å². The van der Waals surface area contributed by atoms with Crippen molar-refractivity contribution < 1.29 is 4.79 Å². The third-order valence-corrected chi connectivity index (χ3v) is 4.17. The van der Waals surface area contributed by atoms with E-state index >= 15 is 0 Å². The molecule has 0 aromatic carbocycles. The van der Waals surface area contributed by atoms with Crippen molar-refractivity contribution in [2.45, 2.75) is 32.2 Å². The Morgan fingerprint density at radius 1 is 1.53 bits per heavy atom. The monoisotopic (exact) mass is 325 g/mol. The molecule has 7 heteroatoms. The molecule has 1 aromatic heterocycles. The van der Waals surface area contributed by atoms with Crippen LogP contribution in [-0.2, 0) is 10.3 Å². The summed E-state index contributed by atoms with van der Waals surface area (Å²) in [7, 11) is 0. The van der Waals surface area contributed by atoms with Crippen molar-refractivity contribution >= 4 is 42.1 Å². The molecule has 1 amide bonds. The summed E-state index contributed by atoms with van der Waals surface area (Å²) in [5, 5.41) is 9.25. The maximum atomic E-state index is 12.1. The molecule has 110 valence electrons. The van der Waals surface area contributed by atoms with E-state index in [0.29, 0.717) is 0 Å². The zero-order valence-electron chi connectivity index (χ0n) is 11.1. The molecule has 2 rings (SSSR count). The lowest BCUT2D eigenvalue weighted by molar-refractivity contribution is -0.127. The Kier molecular flexibility index (Phi) is 7.89. The largest absolute Gasteiger partial charge is 0.344 e. The quantitative estimate of drug-likeness (QED) is 0.896. The molecule has 1 atom stereocenters. The van der Waals surface area contributed by atoms with E-state index in [1.165, 1.54) is 0 Å². The first-order chi connectivity index (χ1) is 8.09. The molecule has 19 heavy (non-hydrogen) atoms. The lowest BCUT2D eigenvalue weighted by Gasteiger charge is -2.28. The third-order valence-electron chi connectivity index (χ3n) is 3.07. The maximum Gasteiger partial charge on any atom is 0.225 e. The Bertz CT molecular complexity index is 378. The summed E-state index contributed by atoms with van der Waals surface area (Å²) in [5.41, 5.74) is -0.372. The van der Waals surface area contributed by atoms with Gasteiger partial charge in [0.1, 0.15) is 5.01 Å². The fraction of sp³-hybridized carbons (Fsp3) is 0.667. The number of amides is 1. The molecular weight excluding hydrogens is 305 g/mol. The molecule has 2 N–H and O–H groups in total. The number of thiazole rings is 1. The summed E-state index contributed by atoms with van der Waals surface area (Å²) < 4.78 is 0. The van der Waals surface area contributed by atoms with Crippen LogP contribution in [0.1, 0.15) is 31.7 Å². The van der Waals surface area contributed by atoms with Gasteiger partial charge in [-0.1, -0.05) is 0 Å². The number of aromatic nitrogens is 1. The van der Waals surface area contributed by atoms with Gasteiger partial charge in [-0.3, -0.25) is 4.79 Å². The summed E-state index contributed by atoms with van der Waals surface area (Å²) in [4.78, 5) is 16.4. The van der Waals surface area contributed by atoms with E-state index in [0.717, 1.165) is 30.9 Å². The number of hydrogen-bond acceptors (Lipinski definition) is 4. The van der Waals surface area contributed by atoms with Crippen LogP contribution in [0, 0.1) is 5.92 Å². The summed E-state index contributed by atoms with van der Waals surface area (Å²) in [6.07, 6.45) is 3.83. The fourth-order valence-corrected chi connectivity index (χ4v) is 2.79. The van der Waals surface area contributed by atoms with Crippen LogP contribution in [0.3, 0.4) is 0 Å². The van der Waals surface area contributed by atoms with Gasteiger partial charge in [0.2, 0.25) is 5.91 Å². The highest BCUT2D eigenvalue weighted by Crippen LogP contribution is 2.23. The van der Waals surface area contributed by atoms with E-state index in [1.54, 1.807) is 17.5 Å². The standard InChI is InChI=1S/C12H19N3OS.2ClH/c1-12(2,11-14-6-7-17-11)15-10(16)9-4-3-5-13-8-9;;/h6-7,9,13H,3-5,8H2,1-2H3,(H,15,16);2*1H/t9-;;/m1../s1. The number of rotatable bonds is 3. The summed E-state index contributed by atoms with van der Waals surface area (Å²) >= 11 is 1.58. The fourth-order valence-electron chi connectivity index (χ4n) is 2.07. The highest BCUT2D eigenvalue weighted by atomic mass is 35.5. The van der Waals surface area contributed by atoms with Crippen LogP contribution in [0.5, 0.6) is 0 Å². The van der Waals surface area contributed by atoms with Crippen molar-refractivity contribution in [2.24, 2.45) is 5.92 Å². The first-order valence-electron chi connectivity index (χ1n) is 6.02. The van der Waals surface area contributed by atoms with Gasteiger partial charge in [0, 0.05) is 18.1 Å². The molecule has 0 saturated carbocycles. The molecule has 1 fully saturated rings. The smallest absolute Gasteiger partial charge is 0.225 e. The molecule has 1 aliphatic heterocycles. The SMILES string of the molecule is CC(C)(NC(=O)[C@@H]1CCCNC1)c1nccs1.Cl.Cl. The topological polar surface area (TPSA) is 54.0 Å². The Balaban J connectivity index is 0.00000162. The van der Waals surface area contributed by atoms with Crippen LogP contribution < -0.4 is 10.6 Å². The van der Waals surface area contributed by atoms with Gasteiger partial charge >= 0.3 is 0 Å². The van der Waals surface area contributed by atoms with E-state index in [4.69, 9.17) is 0 Å². The maximum absolute atomic E-state index is 12.1. The molecular formula is C12H21Cl2N3OS. The van der Waals surface area contributed by atoms with Gasteiger partial charge in [-0.05, 0) is 33.2 Å². The molecule has 2 heterocycles. The average molecular weight is 326 g/mol. The number of carbonyl (C=O) groups is 1. The predicted molar refractivity (Wildman–Crippen MR) is 83.4 cm³/mol. The predicted octanol–water partition coefficient (Wildman–Crippen LogP) is 2.34. The number of nitrogens with zero attached hydrogens (tertiary/aromatic N) is 1. The molecule has 1 saturated heterocycles. The molecule has 0 bridgehead atoms. The minimum Gasteiger partial charge on any atom is -0.344 e. The number of hydrogen-bond donors (Lipinski definition) is 2. The van der Waals surface area contributed by atoms with Gasteiger partial charge in [0.05, 0.1) is 11.5 Å². The molecule has 0 unspecified atom stereocenters. The summed E-state index contributed by atoms with van der Waals surface area (Å²) in [6.45, 7) is 5.82. The number of halogens is 2. The van der Waals surface area contributed by atoms with Crippen molar-refractivity contribution in [1.82, 2.24) is 15.6 Å². The minimum absolute atomic E-state index is 0. The van der Waals surface area contributed by atoms with Crippen LogP contribution in [0.2, 0.25) is 0 Å². The first-order valence-corrected chi connectivity index (χ1v) is 6.90. The van der Waals surface area contributed by atoms with Crippen molar-refractivity contribution in [3.05, 3.63) is 16.6 Å². The van der Waals surface area contributed by atoms with Gasteiger partial charge in [0.25, 0.3) is 0 Å². The second-order valence-electron chi connectivity index (χ2n) is 4.99. The Morgan fingerprint density at radius 3 is 2.79 bits per heavy atom. The molecule has 1 aliphatic rings. The van der Waals surface area contributed by atoms with Crippen LogP contribution in [-0.4, -0.2) is 24.0 Å². The summed E-state index contributed by atoms with van der Waals surface area (Å²) in [5.74, 6) is 0.236. The van der Waals surface area contributed by atoms with Crippen molar-refractivity contribution in [2.75, 3.05) is 13.1 Å².